The molecule has 0 bridgehead atoms. The van der Waals surface area contributed by atoms with E-state index in [4.69, 9.17) is 16.0 Å². The van der Waals surface area contributed by atoms with Gasteiger partial charge in [0.1, 0.15) is 11.5 Å². The summed E-state index contributed by atoms with van der Waals surface area (Å²) in [7, 11) is 1.32. The molecular weight excluding hydrogens is 318 g/mol. The molecule has 0 radical (unpaired) electrons. The number of benzene rings is 1. The first-order chi connectivity index (χ1) is 11.1. The highest BCUT2D eigenvalue weighted by molar-refractivity contribution is 6.33. The van der Waals surface area contributed by atoms with E-state index < -0.39 is 5.97 Å². The van der Waals surface area contributed by atoms with E-state index in [1.54, 1.807) is 23.2 Å². The number of rotatable bonds is 4. The Morgan fingerprint density at radius 3 is 2.91 bits per heavy atom. The Morgan fingerprint density at radius 1 is 1.39 bits per heavy atom. The summed E-state index contributed by atoms with van der Waals surface area (Å²) < 4.78 is 12.1. The predicted molar refractivity (Wildman–Crippen MR) is 84.4 cm³/mol. The lowest BCUT2D eigenvalue weighted by Crippen LogP contribution is -2.02. The van der Waals surface area contributed by atoms with E-state index in [0.29, 0.717) is 23.2 Å². The van der Waals surface area contributed by atoms with Crippen LogP contribution in [0.2, 0.25) is 5.02 Å². The maximum Gasteiger partial charge on any atom is 0.358 e. The van der Waals surface area contributed by atoms with Crippen molar-refractivity contribution in [3.63, 3.8) is 0 Å². The maximum atomic E-state index is 11.4. The van der Waals surface area contributed by atoms with Crippen LogP contribution >= 0.6 is 11.6 Å². The van der Waals surface area contributed by atoms with Crippen LogP contribution in [0.25, 0.3) is 11.5 Å². The first-order valence-corrected chi connectivity index (χ1v) is 7.27. The molecule has 0 spiro atoms. The SMILES string of the molecule is COC(=O)c1cn(Cc2nc(-c3ccccc3Cl)oc2C)cn1. The van der Waals surface area contributed by atoms with Gasteiger partial charge < -0.3 is 13.7 Å². The number of nitrogens with zero attached hydrogens (tertiary/aromatic N) is 3. The topological polar surface area (TPSA) is 70.2 Å². The Hall–Kier alpha value is -2.60. The smallest absolute Gasteiger partial charge is 0.358 e. The van der Waals surface area contributed by atoms with Crippen LogP contribution in [0.1, 0.15) is 21.9 Å². The first-order valence-electron chi connectivity index (χ1n) is 6.89. The molecule has 2 aromatic heterocycles. The van der Waals surface area contributed by atoms with Gasteiger partial charge in [-0.15, -0.1) is 0 Å². The lowest BCUT2D eigenvalue weighted by Gasteiger charge is -1.98. The van der Waals surface area contributed by atoms with E-state index in [-0.39, 0.29) is 5.69 Å². The highest BCUT2D eigenvalue weighted by atomic mass is 35.5. The van der Waals surface area contributed by atoms with Crippen LogP contribution in [0.3, 0.4) is 0 Å². The average molecular weight is 332 g/mol. The number of halogens is 1. The monoisotopic (exact) mass is 331 g/mol. The summed E-state index contributed by atoms with van der Waals surface area (Å²) in [4.78, 5) is 19.9. The number of hydrogen-bond donors (Lipinski definition) is 0. The first kappa shape index (κ1) is 15.3. The third-order valence-corrected chi connectivity index (χ3v) is 3.69. The van der Waals surface area contributed by atoms with Gasteiger partial charge in [-0.3, -0.25) is 0 Å². The molecule has 23 heavy (non-hydrogen) atoms. The molecule has 7 heteroatoms. The van der Waals surface area contributed by atoms with Gasteiger partial charge in [0.2, 0.25) is 5.89 Å². The van der Waals surface area contributed by atoms with Crippen LogP contribution in [-0.4, -0.2) is 27.6 Å². The molecule has 0 aliphatic carbocycles. The van der Waals surface area contributed by atoms with Crippen molar-refractivity contribution in [3.8, 4) is 11.5 Å². The number of oxazole rings is 1. The maximum absolute atomic E-state index is 11.4. The Bertz CT molecular complexity index is 854. The van der Waals surface area contributed by atoms with Gasteiger partial charge in [0.05, 0.1) is 30.6 Å². The molecule has 0 N–H and O–H groups in total. The van der Waals surface area contributed by atoms with E-state index in [1.165, 1.54) is 7.11 Å². The Labute approximate surface area is 137 Å². The molecule has 0 saturated carbocycles. The van der Waals surface area contributed by atoms with Crippen LogP contribution in [0.5, 0.6) is 0 Å². The van der Waals surface area contributed by atoms with Gasteiger partial charge in [-0.05, 0) is 19.1 Å². The molecule has 118 valence electrons. The number of carbonyl (C=O) groups excluding carboxylic acids is 1. The minimum atomic E-state index is -0.475. The van der Waals surface area contributed by atoms with Gasteiger partial charge in [0.15, 0.2) is 5.69 Å². The summed E-state index contributed by atoms with van der Waals surface area (Å²) in [6.45, 7) is 2.27. The third kappa shape index (κ3) is 3.12. The molecule has 0 amide bonds. The Balaban J connectivity index is 1.86. The van der Waals surface area contributed by atoms with E-state index in [2.05, 4.69) is 14.7 Å². The van der Waals surface area contributed by atoms with E-state index in [9.17, 15) is 4.79 Å². The van der Waals surface area contributed by atoms with Crippen LogP contribution < -0.4 is 0 Å². The molecule has 3 aromatic rings. The number of ether oxygens (including phenoxy) is 1. The van der Waals surface area contributed by atoms with E-state index in [0.717, 1.165) is 11.3 Å². The lowest BCUT2D eigenvalue weighted by atomic mass is 10.2. The summed E-state index contributed by atoms with van der Waals surface area (Å²) in [5, 5.41) is 0.580. The van der Waals surface area contributed by atoms with Crippen molar-refractivity contribution in [1.82, 2.24) is 14.5 Å². The number of carbonyl (C=O) groups is 1. The minimum absolute atomic E-state index is 0.250. The quantitative estimate of drug-likeness (QED) is 0.686. The van der Waals surface area contributed by atoms with Crippen molar-refractivity contribution in [2.45, 2.75) is 13.5 Å². The van der Waals surface area contributed by atoms with E-state index >= 15 is 0 Å². The molecule has 0 fully saturated rings. The van der Waals surface area contributed by atoms with Gasteiger partial charge in [-0.2, -0.15) is 0 Å². The Kier molecular flexibility index (Phi) is 4.16. The second-order valence-electron chi connectivity index (χ2n) is 4.92. The average Bonchev–Trinajstić information content (AvgIpc) is 3.15. The molecule has 1 aromatic carbocycles. The van der Waals surface area contributed by atoms with Crippen molar-refractivity contribution in [1.29, 1.82) is 0 Å². The highest BCUT2D eigenvalue weighted by Crippen LogP contribution is 2.28. The fraction of sp³-hybridized carbons (Fsp3) is 0.188. The largest absolute Gasteiger partial charge is 0.464 e. The number of methoxy groups -OCH3 is 1. The summed E-state index contributed by atoms with van der Waals surface area (Å²) in [6.07, 6.45) is 3.16. The molecule has 6 nitrogen and oxygen atoms in total. The molecule has 2 heterocycles. The zero-order chi connectivity index (χ0) is 16.4. The summed E-state index contributed by atoms with van der Waals surface area (Å²) in [5.41, 5.74) is 1.73. The summed E-state index contributed by atoms with van der Waals surface area (Å²) in [5.74, 6) is 0.682. The number of hydrogen-bond acceptors (Lipinski definition) is 5. The van der Waals surface area contributed by atoms with Gasteiger partial charge in [-0.1, -0.05) is 23.7 Å². The van der Waals surface area contributed by atoms with Crippen molar-refractivity contribution < 1.29 is 13.9 Å². The van der Waals surface area contributed by atoms with E-state index in [1.807, 2.05) is 25.1 Å². The van der Waals surface area contributed by atoms with Crippen LogP contribution in [0.4, 0.5) is 0 Å². The fourth-order valence-electron chi connectivity index (χ4n) is 2.15. The fourth-order valence-corrected chi connectivity index (χ4v) is 2.37. The van der Waals surface area contributed by atoms with Crippen molar-refractivity contribution in [3.05, 3.63) is 59.0 Å². The Morgan fingerprint density at radius 2 is 2.17 bits per heavy atom. The minimum Gasteiger partial charge on any atom is -0.464 e. The van der Waals surface area contributed by atoms with Crippen molar-refractivity contribution in [2.24, 2.45) is 0 Å². The lowest BCUT2D eigenvalue weighted by molar-refractivity contribution is 0.0594. The van der Waals surface area contributed by atoms with Gasteiger partial charge in [0.25, 0.3) is 0 Å². The van der Waals surface area contributed by atoms with Crippen LogP contribution in [0, 0.1) is 6.92 Å². The number of aromatic nitrogens is 3. The molecule has 0 unspecified atom stereocenters. The number of imidazole rings is 1. The second kappa shape index (κ2) is 6.26. The summed E-state index contributed by atoms with van der Waals surface area (Å²) >= 11 is 6.17. The van der Waals surface area contributed by atoms with Gasteiger partial charge in [0, 0.05) is 6.20 Å². The predicted octanol–water partition coefficient (Wildman–Crippen LogP) is 3.33. The summed E-state index contributed by atoms with van der Waals surface area (Å²) in [6, 6.07) is 7.36. The van der Waals surface area contributed by atoms with Gasteiger partial charge >= 0.3 is 5.97 Å². The molecule has 0 saturated heterocycles. The van der Waals surface area contributed by atoms with Crippen molar-refractivity contribution >= 4 is 17.6 Å². The van der Waals surface area contributed by atoms with Crippen molar-refractivity contribution in [2.75, 3.05) is 7.11 Å². The number of esters is 1. The standard InChI is InChI=1S/C16H14ClN3O3/c1-10-13(7-20-8-14(18-9-20)16(21)22-2)19-15(23-10)11-5-3-4-6-12(11)17/h3-6,8-9H,7H2,1-2H3. The second-order valence-corrected chi connectivity index (χ2v) is 5.33. The molecule has 0 atom stereocenters. The molecule has 3 rings (SSSR count). The van der Waals surface area contributed by atoms with Crippen LogP contribution in [-0.2, 0) is 11.3 Å². The number of aryl methyl sites for hydroxylation is 1. The zero-order valence-corrected chi connectivity index (χ0v) is 13.4. The molecular formula is C16H14ClN3O3. The van der Waals surface area contributed by atoms with Gasteiger partial charge in [-0.25, -0.2) is 14.8 Å². The van der Waals surface area contributed by atoms with Crippen LogP contribution in [0.15, 0.2) is 41.2 Å². The third-order valence-electron chi connectivity index (χ3n) is 3.36. The zero-order valence-electron chi connectivity index (χ0n) is 12.6. The normalized spacial score (nSPS) is 10.7. The molecule has 0 aliphatic rings. The molecule has 0 aliphatic heterocycles. The highest BCUT2D eigenvalue weighted by Gasteiger charge is 2.15.